The Bertz CT molecular complexity index is 1280. The van der Waals surface area contributed by atoms with E-state index in [-0.39, 0.29) is 11.7 Å². The third kappa shape index (κ3) is 5.83. The Morgan fingerprint density at radius 2 is 1.82 bits per heavy atom. The quantitative estimate of drug-likeness (QED) is 0.285. The molecular formula is C26H26FN5O. The minimum atomic E-state index is -0.352. The summed E-state index contributed by atoms with van der Waals surface area (Å²) in [6, 6.07) is 22.0. The van der Waals surface area contributed by atoms with Crippen LogP contribution in [0.15, 0.2) is 77.8 Å². The number of rotatable bonds is 6. The Hall–Kier alpha value is -4.00. The van der Waals surface area contributed by atoms with Crippen LogP contribution in [0.4, 0.5) is 10.2 Å². The number of fused-ring (bicyclic) bond motifs is 1. The number of hydrogen-bond acceptors (Lipinski definition) is 3. The van der Waals surface area contributed by atoms with Crippen LogP contribution in [-0.4, -0.2) is 28.6 Å². The van der Waals surface area contributed by atoms with Crippen LogP contribution in [0.1, 0.15) is 35.3 Å². The van der Waals surface area contributed by atoms with E-state index in [4.69, 9.17) is 0 Å². The van der Waals surface area contributed by atoms with Crippen molar-refractivity contribution < 1.29 is 9.18 Å². The van der Waals surface area contributed by atoms with Gasteiger partial charge in [-0.15, -0.1) is 0 Å². The van der Waals surface area contributed by atoms with E-state index in [1.54, 1.807) is 12.1 Å². The molecule has 1 heterocycles. The van der Waals surface area contributed by atoms with E-state index in [1.165, 1.54) is 17.7 Å². The summed E-state index contributed by atoms with van der Waals surface area (Å²) in [6.45, 7) is 4.61. The predicted molar refractivity (Wildman–Crippen MR) is 130 cm³/mol. The molecule has 0 saturated heterocycles. The summed E-state index contributed by atoms with van der Waals surface area (Å²) >= 11 is 0. The number of aromatic nitrogens is 2. The minimum Gasteiger partial charge on any atom is -0.309 e. The zero-order chi connectivity index (χ0) is 23.2. The Kier molecular flexibility index (Phi) is 6.78. The summed E-state index contributed by atoms with van der Waals surface area (Å²) in [4.78, 5) is 17.6. The molecule has 33 heavy (non-hydrogen) atoms. The number of H-pyrrole nitrogens is 1. The lowest BCUT2D eigenvalue weighted by Crippen LogP contribution is -2.36. The average molecular weight is 444 g/mol. The maximum absolute atomic E-state index is 13.5. The monoisotopic (exact) mass is 443 g/mol. The van der Waals surface area contributed by atoms with Crippen molar-refractivity contribution in [2.24, 2.45) is 10.9 Å². The number of benzene rings is 3. The molecule has 4 aromatic rings. The molecule has 0 fully saturated rings. The Morgan fingerprint density at radius 1 is 1.03 bits per heavy atom. The zero-order valence-electron chi connectivity index (χ0n) is 18.6. The van der Waals surface area contributed by atoms with E-state index in [0.29, 0.717) is 40.7 Å². The fraction of sp³-hybridized carbons (Fsp3) is 0.192. The van der Waals surface area contributed by atoms with Crippen LogP contribution >= 0.6 is 0 Å². The van der Waals surface area contributed by atoms with Crippen LogP contribution in [-0.2, 0) is 6.42 Å². The third-order valence-electron chi connectivity index (χ3n) is 5.05. The van der Waals surface area contributed by atoms with Gasteiger partial charge in [0.15, 0.2) is 5.82 Å². The molecule has 0 unspecified atom stereocenters. The van der Waals surface area contributed by atoms with Gasteiger partial charge in [0.2, 0.25) is 5.96 Å². The van der Waals surface area contributed by atoms with Gasteiger partial charge >= 0.3 is 0 Å². The molecule has 0 aliphatic heterocycles. The van der Waals surface area contributed by atoms with Gasteiger partial charge in [-0.2, -0.15) is 5.10 Å². The minimum absolute atomic E-state index is 0.272. The molecule has 0 atom stereocenters. The van der Waals surface area contributed by atoms with Crippen LogP contribution in [0.2, 0.25) is 0 Å². The van der Waals surface area contributed by atoms with Gasteiger partial charge in [0, 0.05) is 17.5 Å². The highest BCUT2D eigenvalue weighted by Gasteiger charge is 2.14. The van der Waals surface area contributed by atoms with Gasteiger partial charge in [0.1, 0.15) is 5.82 Å². The lowest BCUT2D eigenvalue weighted by Gasteiger charge is -2.12. The number of amides is 1. The molecule has 0 saturated carbocycles. The second-order valence-corrected chi connectivity index (χ2v) is 8.29. The molecule has 7 heteroatoms. The van der Waals surface area contributed by atoms with E-state index in [0.717, 1.165) is 12.0 Å². The highest BCUT2D eigenvalue weighted by atomic mass is 19.1. The summed E-state index contributed by atoms with van der Waals surface area (Å²) in [7, 11) is 0. The average Bonchev–Trinajstić information content (AvgIpc) is 3.19. The van der Waals surface area contributed by atoms with E-state index in [9.17, 15) is 9.18 Å². The predicted octanol–water partition coefficient (Wildman–Crippen LogP) is 5.15. The van der Waals surface area contributed by atoms with Gasteiger partial charge in [0.05, 0.1) is 5.52 Å². The lowest BCUT2D eigenvalue weighted by atomic mass is 10.0. The maximum Gasteiger partial charge on any atom is 0.257 e. The first-order valence-electron chi connectivity index (χ1n) is 10.9. The van der Waals surface area contributed by atoms with E-state index >= 15 is 0 Å². The van der Waals surface area contributed by atoms with Gasteiger partial charge in [-0.05, 0) is 53.8 Å². The van der Waals surface area contributed by atoms with Gasteiger partial charge < -0.3 is 5.32 Å². The van der Waals surface area contributed by atoms with Crippen molar-refractivity contribution in [3.8, 4) is 0 Å². The number of guanidine groups is 1. The summed E-state index contributed by atoms with van der Waals surface area (Å²) in [5.41, 5.74) is 3.32. The van der Waals surface area contributed by atoms with Gasteiger partial charge in [-0.1, -0.05) is 56.3 Å². The number of nitrogens with one attached hydrogen (secondary N) is 3. The Labute approximate surface area is 192 Å². The molecule has 1 amide bonds. The molecule has 3 N–H and O–H groups in total. The zero-order valence-corrected chi connectivity index (χ0v) is 18.6. The molecular weight excluding hydrogens is 417 g/mol. The van der Waals surface area contributed by atoms with Crippen molar-refractivity contribution in [1.29, 1.82) is 0 Å². The first-order chi connectivity index (χ1) is 16.0. The van der Waals surface area contributed by atoms with Crippen molar-refractivity contribution in [1.82, 2.24) is 15.5 Å². The van der Waals surface area contributed by atoms with Gasteiger partial charge in [0.25, 0.3) is 5.91 Å². The van der Waals surface area contributed by atoms with E-state index < -0.39 is 0 Å². The smallest absolute Gasteiger partial charge is 0.257 e. The first-order valence-corrected chi connectivity index (χ1v) is 10.9. The molecule has 0 aliphatic carbocycles. The number of anilines is 1. The molecule has 3 aromatic carbocycles. The molecule has 6 nitrogen and oxygen atoms in total. The maximum atomic E-state index is 13.5. The number of aliphatic imine (C=N–C) groups is 1. The van der Waals surface area contributed by atoms with Crippen molar-refractivity contribution in [3.63, 3.8) is 0 Å². The Balaban J connectivity index is 1.53. The number of carbonyl (C=O) groups excluding carboxylic acids is 1. The molecule has 1 aromatic heterocycles. The van der Waals surface area contributed by atoms with Crippen LogP contribution in [0.5, 0.6) is 0 Å². The number of aromatic amines is 1. The van der Waals surface area contributed by atoms with Crippen LogP contribution in [0.25, 0.3) is 10.9 Å². The van der Waals surface area contributed by atoms with Crippen molar-refractivity contribution in [2.75, 3.05) is 11.9 Å². The number of nitrogens with zero attached hydrogens (tertiary/aromatic N) is 2. The molecule has 0 spiro atoms. The van der Waals surface area contributed by atoms with Crippen molar-refractivity contribution in [2.45, 2.75) is 20.3 Å². The molecule has 0 aliphatic rings. The normalized spacial score (nSPS) is 11.7. The number of halogens is 1. The number of carbonyl (C=O) groups is 1. The molecule has 4 rings (SSSR count). The first kappa shape index (κ1) is 22.2. The van der Waals surface area contributed by atoms with Gasteiger partial charge in [-0.3, -0.25) is 20.2 Å². The van der Waals surface area contributed by atoms with E-state index in [2.05, 4.69) is 38.0 Å². The van der Waals surface area contributed by atoms with Crippen LogP contribution in [0, 0.1) is 11.7 Å². The summed E-state index contributed by atoms with van der Waals surface area (Å²) in [5.74, 6) is 0.435. The Morgan fingerprint density at radius 3 is 2.61 bits per heavy atom. The summed E-state index contributed by atoms with van der Waals surface area (Å²) in [6.07, 6.45) is 0.740. The van der Waals surface area contributed by atoms with Crippen molar-refractivity contribution in [3.05, 3.63) is 95.3 Å². The SMILES string of the molecule is CC(C)CN=C(NC(=O)c1cccc(Cc2ccccc2)c1)Nc1n[nH]c2cc(F)ccc12. The second kappa shape index (κ2) is 10.1. The van der Waals surface area contributed by atoms with Gasteiger partial charge in [-0.25, -0.2) is 4.39 Å². The van der Waals surface area contributed by atoms with Crippen LogP contribution in [0.3, 0.4) is 0 Å². The number of hydrogen-bond donors (Lipinski definition) is 3. The summed E-state index contributed by atoms with van der Waals surface area (Å²) in [5, 5.41) is 13.7. The standard InChI is InChI=1S/C26H26FN5O/c1-17(2)16-28-26(29-24-22-12-11-21(27)15-23(22)31-32-24)30-25(33)20-10-6-9-19(14-20)13-18-7-4-3-5-8-18/h3-12,14-15,17H,13,16H2,1-2H3,(H3,28,29,30,31,32,33). The topological polar surface area (TPSA) is 82.2 Å². The lowest BCUT2D eigenvalue weighted by molar-refractivity contribution is 0.0976. The summed E-state index contributed by atoms with van der Waals surface area (Å²) < 4.78 is 13.5. The fourth-order valence-electron chi connectivity index (χ4n) is 3.42. The largest absolute Gasteiger partial charge is 0.309 e. The van der Waals surface area contributed by atoms with Crippen molar-refractivity contribution >= 4 is 28.6 Å². The van der Waals surface area contributed by atoms with Crippen LogP contribution < -0.4 is 10.6 Å². The molecule has 0 bridgehead atoms. The highest BCUT2D eigenvalue weighted by Crippen LogP contribution is 2.21. The molecule has 0 radical (unpaired) electrons. The van der Waals surface area contributed by atoms with E-state index in [1.807, 2.05) is 50.2 Å². The fourth-order valence-corrected chi connectivity index (χ4v) is 3.42. The molecule has 168 valence electrons. The highest BCUT2D eigenvalue weighted by molar-refractivity contribution is 6.11. The second-order valence-electron chi connectivity index (χ2n) is 8.29. The third-order valence-corrected chi connectivity index (χ3v) is 5.05.